The molecule has 0 aliphatic heterocycles. The summed E-state index contributed by atoms with van der Waals surface area (Å²) in [5.74, 6) is 0. The normalized spacial score (nSPS) is 9.75. The summed E-state index contributed by atoms with van der Waals surface area (Å²) in [6.07, 6.45) is 1.96. The molecule has 0 bridgehead atoms. The minimum atomic E-state index is -0.410. The number of nitrogens with zero attached hydrogens (tertiary/aromatic N) is 1. The third-order valence-electron chi connectivity index (χ3n) is 1.59. The monoisotopic (exact) mass is 164 g/mol. The first kappa shape index (κ1) is 8.71. The molecule has 0 saturated carbocycles. The van der Waals surface area contributed by atoms with Crippen molar-refractivity contribution in [1.29, 1.82) is 0 Å². The Bertz CT molecular complexity index is 266. The maximum Gasteiger partial charge on any atom is 0.270 e. The molecule has 3 heteroatoms. The van der Waals surface area contributed by atoms with Crippen molar-refractivity contribution in [2.24, 2.45) is 0 Å². The summed E-state index contributed by atoms with van der Waals surface area (Å²) >= 11 is 0. The van der Waals surface area contributed by atoms with Crippen LogP contribution in [0.5, 0.6) is 0 Å². The molecule has 0 aliphatic rings. The van der Waals surface area contributed by atoms with Gasteiger partial charge in [-0.1, -0.05) is 19.4 Å². The largest absolute Gasteiger partial charge is 0.270 e. The van der Waals surface area contributed by atoms with E-state index in [0.717, 1.165) is 18.4 Å². The number of benzene rings is 1. The van der Waals surface area contributed by atoms with Crippen molar-refractivity contribution in [3.8, 4) is 0 Å². The number of hydrogen-bond donors (Lipinski definition) is 0. The van der Waals surface area contributed by atoms with Crippen LogP contribution in [0.15, 0.2) is 18.2 Å². The quantitative estimate of drug-likeness (QED) is 0.508. The summed E-state index contributed by atoms with van der Waals surface area (Å²) in [6.45, 7) is 2.06. The first-order valence-corrected chi connectivity index (χ1v) is 3.89. The van der Waals surface area contributed by atoms with Crippen LogP contribution in [0.4, 0.5) is 5.69 Å². The standard InChI is InChI=1S/C9H10NO2/c1-2-3-8-4-6-9(7-5-8)10(11)12/h4,6-7H,2-3H2,1H3. The Kier molecular flexibility index (Phi) is 2.80. The lowest BCUT2D eigenvalue weighted by molar-refractivity contribution is -0.384. The van der Waals surface area contributed by atoms with E-state index in [4.69, 9.17) is 0 Å². The molecule has 0 heterocycles. The highest BCUT2D eigenvalue weighted by Gasteiger charge is 2.02. The van der Waals surface area contributed by atoms with Gasteiger partial charge in [-0.2, -0.15) is 0 Å². The second kappa shape index (κ2) is 3.85. The van der Waals surface area contributed by atoms with Crippen LogP contribution >= 0.6 is 0 Å². The Labute approximate surface area is 71.2 Å². The van der Waals surface area contributed by atoms with E-state index in [-0.39, 0.29) is 5.69 Å². The first-order valence-electron chi connectivity index (χ1n) is 3.89. The molecule has 1 aromatic carbocycles. The van der Waals surface area contributed by atoms with E-state index in [2.05, 4.69) is 13.0 Å². The van der Waals surface area contributed by atoms with Crippen LogP contribution in [0.2, 0.25) is 0 Å². The molecule has 3 nitrogen and oxygen atoms in total. The molecule has 0 fully saturated rings. The fourth-order valence-electron chi connectivity index (χ4n) is 0.987. The lowest BCUT2D eigenvalue weighted by Gasteiger charge is -1.95. The molecule has 0 spiro atoms. The molecular weight excluding hydrogens is 154 g/mol. The first-order chi connectivity index (χ1) is 5.74. The molecule has 12 heavy (non-hydrogen) atoms. The average molecular weight is 164 g/mol. The van der Waals surface area contributed by atoms with Crippen molar-refractivity contribution in [3.05, 3.63) is 39.9 Å². The van der Waals surface area contributed by atoms with Crippen LogP contribution in [0.25, 0.3) is 0 Å². The number of rotatable bonds is 3. The molecule has 0 aromatic heterocycles. The van der Waals surface area contributed by atoms with Crippen molar-refractivity contribution in [1.82, 2.24) is 0 Å². The molecule has 63 valence electrons. The van der Waals surface area contributed by atoms with Gasteiger partial charge in [-0.15, -0.1) is 0 Å². The van der Waals surface area contributed by atoms with Gasteiger partial charge < -0.3 is 0 Å². The lowest BCUT2D eigenvalue weighted by Crippen LogP contribution is -1.88. The average Bonchev–Trinajstić information content (AvgIpc) is 2.06. The zero-order valence-corrected chi connectivity index (χ0v) is 6.91. The van der Waals surface area contributed by atoms with Gasteiger partial charge in [0.1, 0.15) is 0 Å². The van der Waals surface area contributed by atoms with E-state index in [0.29, 0.717) is 0 Å². The summed E-state index contributed by atoms with van der Waals surface area (Å²) < 4.78 is 0. The van der Waals surface area contributed by atoms with E-state index in [9.17, 15) is 10.1 Å². The van der Waals surface area contributed by atoms with Gasteiger partial charge in [0.2, 0.25) is 0 Å². The second-order valence-corrected chi connectivity index (χ2v) is 2.58. The molecule has 1 aromatic rings. The van der Waals surface area contributed by atoms with E-state index < -0.39 is 4.92 Å². The van der Waals surface area contributed by atoms with Crippen molar-refractivity contribution in [2.45, 2.75) is 19.8 Å². The molecule has 1 radical (unpaired) electrons. The zero-order valence-electron chi connectivity index (χ0n) is 6.91. The summed E-state index contributed by atoms with van der Waals surface area (Å²) in [5.41, 5.74) is 1.14. The molecule has 1 rings (SSSR count). The number of aryl methyl sites for hydroxylation is 1. The van der Waals surface area contributed by atoms with Gasteiger partial charge in [-0.25, -0.2) is 0 Å². The fourth-order valence-corrected chi connectivity index (χ4v) is 0.987. The van der Waals surface area contributed by atoms with Crippen LogP contribution < -0.4 is 0 Å². The number of non-ortho nitro benzene ring substituents is 1. The third-order valence-corrected chi connectivity index (χ3v) is 1.59. The van der Waals surface area contributed by atoms with Crippen molar-refractivity contribution in [3.63, 3.8) is 0 Å². The molecule has 0 atom stereocenters. The SMILES string of the molecule is CCCc1[c]cc([N+](=O)[O-])cc1. The molecule has 0 aliphatic carbocycles. The number of nitro groups is 1. The van der Waals surface area contributed by atoms with Crippen LogP contribution in [0.1, 0.15) is 18.9 Å². The predicted molar refractivity (Wildman–Crippen MR) is 45.9 cm³/mol. The summed E-state index contributed by atoms with van der Waals surface area (Å²) in [6, 6.07) is 7.57. The third kappa shape index (κ3) is 2.05. The Morgan fingerprint density at radius 1 is 1.58 bits per heavy atom. The minimum Gasteiger partial charge on any atom is -0.258 e. The van der Waals surface area contributed by atoms with Gasteiger partial charge in [-0.3, -0.25) is 10.1 Å². The van der Waals surface area contributed by atoms with Crippen molar-refractivity contribution in [2.75, 3.05) is 0 Å². The van der Waals surface area contributed by atoms with Crippen molar-refractivity contribution >= 4 is 5.69 Å². The molecule has 0 saturated heterocycles. The van der Waals surface area contributed by atoms with Crippen LogP contribution in [-0.2, 0) is 6.42 Å². The Balaban J connectivity index is 2.78. The highest BCUT2D eigenvalue weighted by atomic mass is 16.6. The topological polar surface area (TPSA) is 43.1 Å². The molecule has 0 amide bonds. The van der Waals surface area contributed by atoms with Crippen LogP contribution in [0.3, 0.4) is 0 Å². The molecular formula is C9H10NO2. The smallest absolute Gasteiger partial charge is 0.258 e. The van der Waals surface area contributed by atoms with E-state index in [1.165, 1.54) is 12.1 Å². The van der Waals surface area contributed by atoms with Gasteiger partial charge >= 0.3 is 0 Å². The number of hydrogen-bond acceptors (Lipinski definition) is 2. The van der Waals surface area contributed by atoms with Gasteiger partial charge in [0.25, 0.3) is 5.69 Å². The van der Waals surface area contributed by atoms with Gasteiger partial charge in [-0.05, 0) is 18.1 Å². The zero-order chi connectivity index (χ0) is 8.97. The van der Waals surface area contributed by atoms with E-state index in [1.54, 1.807) is 6.07 Å². The lowest BCUT2D eigenvalue weighted by atomic mass is 10.1. The Hall–Kier alpha value is -1.38. The summed E-state index contributed by atoms with van der Waals surface area (Å²) in [5, 5.41) is 10.3. The maximum atomic E-state index is 10.3. The van der Waals surface area contributed by atoms with E-state index >= 15 is 0 Å². The minimum absolute atomic E-state index is 0.106. The fraction of sp³-hybridized carbons (Fsp3) is 0.333. The van der Waals surface area contributed by atoms with Gasteiger partial charge in [0.05, 0.1) is 4.92 Å². The molecule has 0 unspecified atom stereocenters. The van der Waals surface area contributed by atoms with Crippen LogP contribution in [-0.4, -0.2) is 4.92 Å². The van der Waals surface area contributed by atoms with Gasteiger partial charge in [0, 0.05) is 12.1 Å². The highest BCUT2D eigenvalue weighted by Crippen LogP contribution is 2.11. The molecule has 0 N–H and O–H groups in total. The van der Waals surface area contributed by atoms with Crippen LogP contribution in [0, 0.1) is 16.2 Å². The Morgan fingerprint density at radius 3 is 2.75 bits per heavy atom. The predicted octanol–water partition coefficient (Wildman–Crippen LogP) is 2.35. The van der Waals surface area contributed by atoms with E-state index in [1.807, 2.05) is 0 Å². The number of nitro benzene ring substituents is 1. The Morgan fingerprint density at radius 2 is 2.33 bits per heavy atom. The van der Waals surface area contributed by atoms with Gasteiger partial charge in [0.15, 0.2) is 0 Å². The van der Waals surface area contributed by atoms with Crippen molar-refractivity contribution < 1.29 is 4.92 Å². The summed E-state index contributed by atoms with van der Waals surface area (Å²) in [7, 11) is 0. The second-order valence-electron chi connectivity index (χ2n) is 2.58. The summed E-state index contributed by atoms with van der Waals surface area (Å²) in [4.78, 5) is 9.85. The maximum absolute atomic E-state index is 10.3. The highest BCUT2D eigenvalue weighted by molar-refractivity contribution is 5.31.